The van der Waals surface area contributed by atoms with E-state index in [1.807, 2.05) is 18.2 Å². The van der Waals surface area contributed by atoms with E-state index in [4.69, 9.17) is 0 Å². The summed E-state index contributed by atoms with van der Waals surface area (Å²) in [6.07, 6.45) is 0.817. The quantitative estimate of drug-likeness (QED) is 0.839. The molecular formula is C17H20FNO. The van der Waals surface area contributed by atoms with Crippen LogP contribution in [0.1, 0.15) is 24.8 Å². The predicted molar refractivity (Wildman–Crippen MR) is 80.4 cm³/mol. The van der Waals surface area contributed by atoms with Crippen molar-refractivity contribution in [2.75, 3.05) is 11.9 Å². The highest BCUT2D eigenvalue weighted by Gasteiger charge is 2.13. The molecule has 0 amide bonds. The van der Waals surface area contributed by atoms with Crippen molar-refractivity contribution in [2.24, 2.45) is 0 Å². The van der Waals surface area contributed by atoms with Gasteiger partial charge in [-0.1, -0.05) is 37.3 Å². The van der Waals surface area contributed by atoms with Gasteiger partial charge >= 0.3 is 0 Å². The van der Waals surface area contributed by atoms with Crippen LogP contribution in [0.4, 0.5) is 10.1 Å². The first-order valence-electron chi connectivity index (χ1n) is 6.87. The highest BCUT2D eigenvalue weighted by Crippen LogP contribution is 2.22. The van der Waals surface area contributed by atoms with Gasteiger partial charge in [0, 0.05) is 11.7 Å². The van der Waals surface area contributed by atoms with Crippen LogP contribution in [0, 0.1) is 5.82 Å². The van der Waals surface area contributed by atoms with Crippen LogP contribution in [0.15, 0.2) is 54.6 Å². The van der Waals surface area contributed by atoms with E-state index >= 15 is 0 Å². The zero-order valence-electron chi connectivity index (χ0n) is 11.6. The fraction of sp³-hybridized carbons (Fsp3) is 0.294. The highest BCUT2D eigenvalue weighted by atomic mass is 19.1. The van der Waals surface area contributed by atoms with Crippen molar-refractivity contribution in [1.29, 1.82) is 0 Å². The molecule has 2 atom stereocenters. The minimum Gasteiger partial charge on any atom is -0.394 e. The third kappa shape index (κ3) is 4.07. The van der Waals surface area contributed by atoms with Crippen molar-refractivity contribution in [3.8, 4) is 0 Å². The van der Waals surface area contributed by atoms with Crippen LogP contribution in [-0.4, -0.2) is 17.8 Å². The molecule has 2 aromatic carbocycles. The average molecular weight is 273 g/mol. The summed E-state index contributed by atoms with van der Waals surface area (Å²) in [7, 11) is 0. The standard InChI is InChI=1S/C17H20FNO/c1-13(14-5-3-2-4-6-14)11-17(12-20)19-16-9-7-15(18)8-10-16/h2-10,13,17,19-20H,11-12H2,1H3. The Bertz CT molecular complexity index is 512. The van der Waals surface area contributed by atoms with Gasteiger partial charge in [-0.05, 0) is 42.2 Å². The van der Waals surface area contributed by atoms with E-state index in [-0.39, 0.29) is 18.5 Å². The Hall–Kier alpha value is -1.87. The second-order valence-electron chi connectivity index (χ2n) is 5.08. The third-order valence-electron chi connectivity index (χ3n) is 3.44. The molecule has 0 aliphatic carbocycles. The lowest BCUT2D eigenvalue weighted by atomic mass is 9.94. The first-order valence-corrected chi connectivity index (χ1v) is 6.87. The number of nitrogens with one attached hydrogen (secondary N) is 1. The van der Waals surface area contributed by atoms with Gasteiger partial charge < -0.3 is 10.4 Å². The molecule has 2 unspecified atom stereocenters. The van der Waals surface area contributed by atoms with Crippen molar-refractivity contribution in [3.63, 3.8) is 0 Å². The molecule has 0 spiro atoms. The Balaban J connectivity index is 1.97. The van der Waals surface area contributed by atoms with Crippen molar-refractivity contribution in [2.45, 2.75) is 25.3 Å². The molecular weight excluding hydrogens is 253 g/mol. The van der Waals surface area contributed by atoms with Gasteiger partial charge in [0.15, 0.2) is 0 Å². The molecule has 0 aliphatic rings. The molecule has 0 aromatic heterocycles. The van der Waals surface area contributed by atoms with Gasteiger partial charge in [0.2, 0.25) is 0 Å². The summed E-state index contributed by atoms with van der Waals surface area (Å²) in [6.45, 7) is 2.19. The van der Waals surface area contributed by atoms with E-state index in [2.05, 4.69) is 24.4 Å². The second kappa shape index (κ2) is 7.06. The third-order valence-corrected chi connectivity index (χ3v) is 3.44. The molecule has 20 heavy (non-hydrogen) atoms. The van der Waals surface area contributed by atoms with E-state index in [1.54, 1.807) is 12.1 Å². The summed E-state index contributed by atoms with van der Waals surface area (Å²) in [6, 6.07) is 16.4. The van der Waals surface area contributed by atoms with Crippen LogP contribution in [0.25, 0.3) is 0 Å². The van der Waals surface area contributed by atoms with Gasteiger partial charge in [-0.25, -0.2) is 4.39 Å². The van der Waals surface area contributed by atoms with Gasteiger partial charge in [-0.2, -0.15) is 0 Å². The maximum absolute atomic E-state index is 12.9. The lowest BCUT2D eigenvalue weighted by Crippen LogP contribution is -2.25. The van der Waals surface area contributed by atoms with Crippen LogP contribution in [0.3, 0.4) is 0 Å². The van der Waals surface area contributed by atoms with Gasteiger partial charge in [0.25, 0.3) is 0 Å². The van der Waals surface area contributed by atoms with Crippen LogP contribution in [-0.2, 0) is 0 Å². The van der Waals surface area contributed by atoms with E-state index in [1.165, 1.54) is 17.7 Å². The van der Waals surface area contributed by atoms with E-state index in [0.717, 1.165) is 12.1 Å². The highest BCUT2D eigenvalue weighted by molar-refractivity contribution is 5.43. The van der Waals surface area contributed by atoms with E-state index in [0.29, 0.717) is 5.92 Å². The summed E-state index contributed by atoms with van der Waals surface area (Å²) in [5.74, 6) is 0.0926. The molecule has 3 heteroatoms. The number of aliphatic hydroxyl groups excluding tert-OH is 1. The number of halogens is 1. The average Bonchev–Trinajstić information content (AvgIpc) is 2.49. The van der Waals surface area contributed by atoms with Crippen LogP contribution in [0.5, 0.6) is 0 Å². The number of hydrogen-bond acceptors (Lipinski definition) is 2. The Morgan fingerprint density at radius 3 is 2.30 bits per heavy atom. The van der Waals surface area contributed by atoms with Crippen molar-refractivity contribution in [1.82, 2.24) is 0 Å². The molecule has 106 valence electrons. The Morgan fingerprint density at radius 1 is 1.05 bits per heavy atom. The maximum Gasteiger partial charge on any atom is 0.123 e. The fourth-order valence-electron chi connectivity index (χ4n) is 2.31. The summed E-state index contributed by atoms with van der Waals surface area (Å²) in [5.41, 5.74) is 2.08. The molecule has 2 aromatic rings. The lowest BCUT2D eigenvalue weighted by Gasteiger charge is -2.21. The van der Waals surface area contributed by atoms with E-state index in [9.17, 15) is 9.50 Å². The molecule has 2 N–H and O–H groups in total. The van der Waals surface area contributed by atoms with Crippen molar-refractivity contribution in [3.05, 3.63) is 66.0 Å². The predicted octanol–water partition coefficient (Wildman–Crippen LogP) is 3.79. The molecule has 0 fully saturated rings. The van der Waals surface area contributed by atoms with Crippen LogP contribution < -0.4 is 5.32 Å². The van der Waals surface area contributed by atoms with E-state index < -0.39 is 0 Å². The molecule has 0 bridgehead atoms. The minimum atomic E-state index is -0.256. The summed E-state index contributed by atoms with van der Waals surface area (Å²) in [4.78, 5) is 0. The molecule has 0 heterocycles. The molecule has 0 aliphatic heterocycles. The first-order chi connectivity index (χ1) is 9.69. The topological polar surface area (TPSA) is 32.3 Å². The summed E-state index contributed by atoms with van der Waals surface area (Å²) < 4.78 is 12.9. The molecule has 2 rings (SSSR count). The Labute approximate surface area is 119 Å². The molecule has 0 radical (unpaired) electrons. The summed E-state index contributed by atoms with van der Waals surface area (Å²) in [5, 5.41) is 12.7. The summed E-state index contributed by atoms with van der Waals surface area (Å²) >= 11 is 0. The van der Waals surface area contributed by atoms with Gasteiger partial charge in [0.1, 0.15) is 5.82 Å². The van der Waals surface area contributed by atoms with Gasteiger partial charge in [-0.3, -0.25) is 0 Å². The Kier molecular flexibility index (Phi) is 5.13. The number of anilines is 1. The van der Waals surface area contributed by atoms with Crippen molar-refractivity contribution < 1.29 is 9.50 Å². The first kappa shape index (κ1) is 14.5. The maximum atomic E-state index is 12.9. The normalized spacial score (nSPS) is 13.8. The lowest BCUT2D eigenvalue weighted by molar-refractivity contribution is 0.264. The van der Waals surface area contributed by atoms with Crippen molar-refractivity contribution >= 4 is 5.69 Å². The number of rotatable bonds is 6. The minimum absolute atomic E-state index is 0.0457. The van der Waals surface area contributed by atoms with Gasteiger partial charge in [0.05, 0.1) is 6.61 Å². The monoisotopic (exact) mass is 273 g/mol. The SMILES string of the molecule is CC(CC(CO)Nc1ccc(F)cc1)c1ccccc1. The number of benzene rings is 2. The Morgan fingerprint density at radius 2 is 1.70 bits per heavy atom. The van der Waals surface area contributed by atoms with Crippen LogP contribution in [0.2, 0.25) is 0 Å². The second-order valence-corrected chi connectivity index (χ2v) is 5.08. The zero-order chi connectivity index (χ0) is 14.4. The number of hydrogen-bond donors (Lipinski definition) is 2. The van der Waals surface area contributed by atoms with Crippen LogP contribution >= 0.6 is 0 Å². The smallest absolute Gasteiger partial charge is 0.123 e. The molecule has 0 saturated carbocycles. The fourth-order valence-corrected chi connectivity index (χ4v) is 2.31. The molecule has 0 saturated heterocycles. The van der Waals surface area contributed by atoms with Gasteiger partial charge in [-0.15, -0.1) is 0 Å². The zero-order valence-corrected chi connectivity index (χ0v) is 11.6. The number of aliphatic hydroxyl groups is 1. The largest absolute Gasteiger partial charge is 0.394 e. The molecule has 2 nitrogen and oxygen atoms in total.